The smallest absolute Gasteiger partial charge is 0.100 e. The maximum absolute atomic E-state index is 11.1. The van der Waals surface area contributed by atoms with Crippen LogP contribution in [0.1, 0.15) is 16.7 Å². The van der Waals surface area contributed by atoms with E-state index in [1.54, 1.807) is 0 Å². The van der Waals surface area contributed by atoms with Crippen molar-refractivity contribution in [3.8, 4) is 74.1 Å². The summed E-state index contributed by atoms with van der Waals surface area (Å²) in [6, 6.07) is 75.0. The Labute approximate surface area is 358 Å². The molecule has 0 fully saturated rings. The first kappa shape index (κ1) is 36.2. The molecule has 0 unspecified atom stereocenters. The third-order valence-electron chi connectivity index (χ3n) is 12.1. The zero-order valence-electron chi connectivity index (χ0n) is 33.3. The van der Waals surface area contributed by atoms with Crippen molar-refractivity contribution in [3.05, 3.63) is 217 Å². The Balaban J connectivity index is 1.21. The second kappa shape index (κ2) is 14.7. The first-order chi connectivity index (χ1) is 30.7. The van der Waals surface area contributed by atoms with Crippen molar-refractivity contribution in [1.82, 2.24) is 9.13 Å². The van der Waals surface area contributed by atoms with Gasteiger partial charge in [0.15, 0.2) is 0 Å². The van der Waals surface area contributed by atoms with Gasteiger partial charge in [-0.05, 0) is 82.9 Å². The molecule has 0 spiro atoms. The molecule has 0 atom stereocenters. The first-order valence-electron chi connectivity index (χ1n) is 20.5. The standard InChI is InChI=1S/C57H33N5/c58-34-40-32-39(47-33-46(37-16-5-1-6-17-37)48(35-59)54(49(47)36-60)38-18-7-2-8-19-38)28-29-43(40)44-25-15-27-51-55(44)57-53(62(51)42-22-11-4-12-23-42)31-30-52-56(57)45-24-13-14-26-50(45)61(52)41-20-9-3-10-21-41/h1-33H. The van der Waals surface area contributed by atoms with Gasteiger partial charge in [0, 0.05) is 55.2 Å². The lowest BCUT2D eigenvalue weighted by Crippen LogP contribution is -1.98. The van der Waals surface area contributed by atoms with Crippen LogP contribution in [0, 0.1) is 34.0 Å². The number of hydrogen-bond donors (Lipinski definition) is 0. The monoisotopic (exact) mass is 787 g/mol. The Kier molecular flexibility index (Phi) is 8.57. The minimum Gasteiger partial charge on any atom is -0.309 e. The van der Waals surface area contributed by atoms with Crippen LogP contribution in [0.2, 0.25) is 0 Å². The van der Waals surface area contributed by atoms with Crippen LogP contribution in [0.5, 0.6) is 0 Å². The van der Waals surface area contributed by atoms with Gasteiger partial charge in [-0.1, -0.05) is 140 Å². The first-order valence-corrected chi connectivity index (χ1v) is 20.5. The van der Waals surface area contributed by atoms with E-state index in [0.29, 0.717) is 33.4 Å². The molecule has 0 aliphatic heterocycles. The quantitative estimate of drug-likeness (QED) is 0.168. The van der Waals surface area contributed by atoms with Gasteiger partial charge in [0.05, 0.1) is 44.8 Å². The van der Waals surface area contributed by atoms with E-state index in [9.17, 15) is 15.8 Å². The Bertz CT molecular complexity index is 3690. The maximum Gasteiger partial charge on any atom is 0.100 e. The highest BCUT2D eigenvalue weighted by Gasteiger charge is 2.25. The molecule has 2 heterocycles. The van der Waals surface area contributed by atoms with Crippen molar-refractivity contribution >= 4 is 43.6 Å². The van der Waals surface area contributed by atoms with Crippen molar-refractivity contribution in [1.29, 1.82) is 15.8 Å². The van der Waals surface area contributed by atoms with E-state index >= 15 is 0 Å². The van der Waals surface area contributed by atoms with Crippen LogP contribution in [-0.2, 0) is 0 Å². The molecular weight excluding hydrogens is 755 g/mol. The van der Waals surface area contributed by atoms with Gasteiger partial charge in [0.1, 0.15) is 12.1 Å². The van der Waals surface area contributed by atoms with Gasteiger partial charge < -0.3 is 9.13 Å². The van der Waals surface area contributed by atoms with Gasteiger partial charge in [-0.3, -0.25) is 0 Å². The minimum atomic E-state index is 0.384. The predicted molar refractivity (Wildman–Crippen MR) is 251 cm³/mol. The van der Waals surface area contributed by atoms with E-state index in [1.807, 2.05) is 97.1 Å². The number of nitrogens with zero attached hydrogens (tertiary/aromatic N) is 5. The number of benzene rings is 9. The summed E-state index contributed by atoms with van der Waals surface area (Å²) >= 11 is 0. The summed E-state index contributed by atoms with van der Waals surface area (Å²) in [6.07, 6.45) is 0. The van der Waals surface area contributed by atoms with Crippen LogP contribution < -0.4 is 0 Å². The topological polar surface area (TPSA) is 81.2 Å². The fourth-order valence-corrected chi connectivity index (χ4v) is 9.46. The third kappa shape index (κ3) is 5.53. The lowest BCUT2D eigenvalue weighted by atomic mass is 9.83. The highest BCUT2D eigenvalue weighted by atomic mass is 15.0. The second-order valence-corrected chi connectivity index (χ2v) is 15.3. The molecule has 11 aromatic rings. The fourth-order valence-electron chi connectivity index (χ4n) is 9.46. The molecule has 0 N–H and O–H groups in total. The van der Waals surface area contributed by atoms with Crippen molar-refractivity contribution in [2.45, 2.75) is 0 Å². The largest absolute Gasteiger partial charge is 0.309 e. The van der Waals surface area contributed by atoms with Crippen LogP contribution in [0.15, 0.2) is 200 Å². The van der Waals surface area contributed by atoms with Gasteiger partial charge in [0.25, 0.3) is 0 Å². The Morgan fingerprint density at radius 2 is 0.839 bits per heavy atom. The van der Waals surface area contributed by atoms with Gasteiger partial charge in [0.2, 0.25) is 0 Å². The average molecular weight is 788 g/mol. The van der Waals surface area contributed by atoms with E-state index in [4.69, 9.17) is 0 Å². The zero-order valence-corrected chi connectivity index (χ0v) is 33.3. The van der Waals surface area contributed by atoms with E-state index in [2.05, 4.69) is 130 Å². The highest BCUT2D eigenvalue weighted by molar-refractivity contribution is 6.31. The number of rotatable bonds is 6. The number of fused-ring (bicyclic) bond motifs is 7. The number of aromatic nitrogens is 2. The molecule has 62 heavy (non-hydrogen) atoms. The molecule has 11 rings (SSSR count). The summed E-state index contributed by atoms with van der Waals surface area (Å²) in [7, 11) is 0. The summed E-state index contributed by atoms with van der Waals surface area (Å²) in [6.45, 7) is 0. The molecule has 0 radical (unpaired) electrons. The molecule has 9 aromatic carbocycles. The van der Waals surface area contributed by atoms with Crippen LogP contribution in [0.3, 0.4) is 0 Å². The van der Waals surface area contributed by atoms with E-state index in [-0.39, 0.29) is 0 Å². The molecule has 5 nitrogen and oxygen atoms in total. The predicted octanol–water partition coefficient (Wildman–Crippen LogP) is 14.2. The number of para-hydroxylation sites is 3. The van der Waals surface area contributed by atoms with Crippen LogP contribution >= 0.6 is 0 Å². The molecule has 0 amide bonds. The van der Waals surface area contributed by atoms with Crippen molar-refractivity contribution in [3.63, 3.8) is 0 Å². The average Bonchev–Trinajstić information content (AvgIpc) is 3.87. The van der Waals surface area contributed by atoms with Crippen LogP contribution in [0.25, 0.3) is 99.5 Å². The van der Waals surface area contributed by atoms with Crippen LogP contribution in [0.4, 0.5) is 0 Å². The minimum absolute atomic E-state index is 0.384. The van der Waals surface area contributed by atoms with E-state index < -0.39 is 0 Å². The molecule has 0 saturated heterocycles. The molecule has 5 heteroatoms. The normalized spacial score (nSPS) is 11.2. The Morgan fingerprint density at radius 3 is 1.47 bits per heavy atom. The fraction of sp³-hybridized carbons (Fsp3) is 0. The number of hydrogen-bond acceptors (Lipinski definition) is 3. The lowest BCUT2D eigenvalue weighted by molar-refractivity contribution is 1.17. The molecule has 286 valence electrons. The van der Waals surface area contributed by atoms with Gasteiger partial charge in [-0.25, -0.2) is 0 Å². The molecule has 0 bridgehead atoms. The highest BCUT2D eigenvalue weighted by Crippen LogP contribution is 2.47. The van der Waals surface area contributed by atoms with Crippen molar-refractivity contribution < 1.29 is 0 Å². The van der Waals surface area contributed by atoms with Crippen molar-refractivity contribution in [2.24, 2.45) is 0 Å². The van der Waals surface area contributed by atoms with E-state index in [1.165, 1.54) is 0 Å². The molecule has 0 saturated carbocycles. The summed E-state index contributed by atoms with van der Waals surface area (Å²) in [5, 5.41) is 37.1. The second-order valence-electron chi connectivity index (χ2n) is 15.3. The van der Waals surface area contributed by atoms with Crippen LogP contribution in [-0.4, -0.2) is 9.13 Å². The number of nitriles is 3. The van der Waals surface area contributed by atoms with Gasteiger partial charge in [-0.2, -0.15) is 15.8 Å². The van der Waals surface area contributed by atoms with Gasteiger partial charge in [-0.15, -0.1) is 0 Å². The Hall–Kier alpha value is -8.95. The summed E-state index contributed by atoms with van der Waals surface area (Å²) in [5.41, 5.74) is 13.7. The zero-order chi connectivity index (χ0) is 41.7. The SMILES string of the molecule is N#Cc1cc(-c2cc(-c3ccccc3)c(C#N)c(-c3ccccc3)c2C#N)ccc1-c1cccc2c1c1c3c4ccccc4n(-c4ccccc4)c3ccc1n2-c1ccccc1. The molecule has 0 aliphatic carbocycles. The maximum atomic E-state index is 11.1. The molecular formula is C57H33N5. The third-order valence-corrected chi connectivity index (χ3v) is 12.1. The summed E-state index contributed by atoms with van der Waals surface area (Å²) < 4.78 is 4.67. The summed E-state index contributed by atoms with van der Waals surface area (Å²) in [5.74, 6) is 0. The van der Waals surface area contributed by atoms with E-state index in [0.717, 1.165) is 82.8 Å². The molecule has 0 aliphatic rings. The lowest BCUT2D eigenvalue weighted by Gasteiger charge is -2.18. The summed E-state index contributed by atoms with van der Waals surface area (Å²) in [4.78, 5) is 0. The Morgan fingerprint density at radius 1 is 0.323 bits per heavy atom. The van der Waals surface area contributed by atoms with Crippen molar-refractivity contribution in [2.75, 3.05) is 0 Å². The molecule has 2 aromatic heterocycles. The van der Waals surface area contributed by atoms with Gasteiger partial charge >= 0.3 is 0 Å².